The van der Waals surface area contributed by atoms with Crippen molar-refractivity contribution >= 4 is 16.8 Å². The highest BCUT2D eigenvalue weighted by Crippen LogP contribution is 2.32. The van der Waals surface area contributed by atoms with E-state index in [0.717, 1.165) is 41.8 Å². The fourth-order valence-corrected chi connectivity index (χ4v) is 3.24. The molecule has 156 valence electrons. The smallest absolute Gasteiger partial charge is 0.273 e. The van der Waals surface area contributed by atoms with Crippen LogP contribution in [0.15, 0.2) is 47.3 Å². The number of nitrogens with zero attached hydrogens (tertiary/aromatic N) is 2. The van der Waals surface area contributed by atoms with E-state index in [-0.39, 0.29) is 28.7 Å². The molecule has 0 unspecified atom stereocenters. The highest BCUT2D eigenvalue weighted by molar-refractivity contribution is 5.86. The quantitative estimate of drug-likeness (QED) is 0.640. The highest BCUT2D eigenvalue weighted by atomic mass is 19.4. The fourth-order valence-electron chi connectivity index (χ4n) is 3.24. The third-order valence-corrected chi connectivity index (χ3v) is 4.92. The number of amides is 1. The lowest BCUT2D eigenvalue weighted by molar-refractivity contribution is -0.137. The van der Waals surface area contributed by atoms with Crippen LogP contribution in [0.1, 0.15) is 29.8 Å². The molecule has 5 nitrogen and oxygen atoms in total. The number of hydrogen-bond acceptors (Lipinski definition) is 3. The largest absolute Gasteiger partial charge is 0.416 e. The van der Waals surface area contributed by atoms with Crippen molar-refractivity contribution in [3.05, 3.63) is 75.6 Å². The number of fused-ring (bicyclic) bond motifs is 1. The minimum Gasteiger partial charge on any atom is -0.273 e. The molecule has 0 bridgehead atoms. The second-order valence-corrected chi connectivity index (χ2v) is 7.39. The number of benzene rings is 2. The molecule has 1 heterocycles. The first kappa shape index (κ1) is 20.1. The molecule has 1 fully saturated rings. The van der Waals surface area contributed by atoms with Gasteiger partial charge in [-0.2, -0.15) is 13.2 Å². The van der Waals surface area contributed by atoms with Gasteiger partial charge in [-0.15, -0.1) is 0 Å². The molecule has 1 N–H and O–H groups in total. The van der Waals surface area contributed by atoms with Gasteiger partial charge in [0.05, 0.1) is 22.9 Å². The Balaban J connectivity index is 1.64. The van der Waals surface area contributed by atoms with Gasteiger partial charge in [-0.05, 0) is 42.5 Å². The maximum absolute atomic E-state index is 13.5. The first-order valence-corrected chi connectivity index (χ1v) is 9.38. The Kier molecular flexibility index (Phi) is 5.05. The third-order valence-electron chi connectivity index (χ3n) is 4.92. The second kappa shape index (κ2) is 7.55. The molecule has 1 aliphatic rings. The number of nitrogens with one attached hydrogen (secondary N) is 1. The third kappa shape index (κ3) is 4.34. The van der Waals surface area contributed by atoms with Gasteiger partial charge in [0.15, 0.2) is 0 Å². The van der Waals surface area contributed by atoms with Crippen LogP contribution in [-0.4, -0.2) is 15.6 Å². The summed E-state index contributed by atoms with van der Waals surface area (Å²) in [6.07, 6.45) is -2.49. The maximum atomic E-state index is 13.5. The van der Waals surface area contributed by atoms with E-state index in [1.54, 1.807) is 0 Å². The van der Waals surface area contributed by atoms with Gasteiger partial charge in [-0.3, -0.25) is 15.0 Å². The molecular weight excluding hydrogens is 402 g/mol. The summed E-state index contributed by atoms with van der Waals surface area (Å²) in [6.45, 7) is 0. The van der Waals surface area contributed by atoms with Crippen molar-refractivity contribution in [2.24, 2.45) is 5.92 Å². The molecule has 1 amide bonds. The SMILES string of the molecule is O=C(Cc1cccc(C(F)(F)F)c1)Nn1c(CC2CC2)nc2cc(F)ccc2c1=O. The molecule has 0 spiro atoms. The average molecular weight is 419 g/mol. The molecule has 4 rings (SSSR count). The molecule has 2 aromatic carbocycles. The Hall–Kier alpha value is -3.23. The van der Waals surface area contributed by atoms with Crippen molar-refractivity contribution in [3.8, 4) is 0 Å². The van der Waals surface area contributed by atoms with Crippen molar-refractivity contribution in [3.63, 3.8) is 0 Å². The van der Waals surface area contributed by atoms with Crippen molar-refractivity contribution < 1.29 is 22.4 Å². The summed E-state index contributed by atoms with van der Waals surface area (Å²) in [7, 11) is 0. The van der Waals surface area contributed by atoms with Crippen LogP contribution in [0.5, 0.6) is 0 Å². The van der Waals surface area contributed by atoms with Gasteiger partial charge in [0.2, 0.25) is 5.91 Å². The number of alkyl halides is 3. The summed E-state index contributed by atoms with van der Waals surface area (Å²) in [6, 6.07) is 8.02. The predicted molar refractivity (Wildman–Crippen MR) is 102 cm³/mol. The van der Waals surface area contributed by atoms with Crippen molar-refractivity contribution in [2.75, 3.05) is 5.43 Å². The lowest BCUT2D eigenvalue weighted by Crippen LogP contribution is -2.37. The van der Waals surface area contributed by atoms with E-state index in [2.05, 4.69) is 10.4 Å². The summed E-state index contributed by atoms with van der Waals surface area (Å²) < 4.78 is 53.2. The number of aromatic nitrogens is 2. The van der Waals surface area contributed by atoms with E-state index < -0.39 is 29.0 Å². The van der Waals surface area contributed by atoms with Gasteiger partial charge in [0, 0.05) is 12.5 Å². The first-order chi connectivity index (χ1) is 14.2. The van der Waals surface area contributed by atoms with Crippen LogP contribution in [0.25, 0.3) is 10.9 Å². The first-order valence-electron chi connectivity index (χ1n) is 9.38. The lowest BCUT2D eigenvalue weighted by Gasteiger charge is -2.15. The lowest BCUT2D eigenvalue weighted by atomic mass is 10.1. The standard InChI is InChI=1S/C21H17F4N3O2/c22-15-6-7-16-17(11-15)26-18(9-12-4-5-12)28(20(16)30)27-19(29)10-13-2-1-3-14(8-13)21(23,24)25/h1-3,6-8,11-12H,4-5,9-10H2,(H,27,29). The Morgan fingerprint density at radius 2 is 1.93 bits per heavy atom. The Labute approximate surface area is 168 Å². The second-order valence-electron chi connectivity index (χ2n) is 7.39. The average Bonchev–Trinajstić information content (AvgIpc) is 3.48. The van der Waals surface area contributed by atoms with E-state index in [1.807, 2.05) is 0 Å². The van der Waals surface area contributed by atoms with E-state index in [0.29, 0.717) is 12.3 Å². The molecule has 1 aromatic heterocycles. The van der Waals surface area contributed by atoms with Crippen LogP contribution in [0.4, 0.5) is 17.6 Å². The van der Waals surface area contributed by atoms with Crippen LogP contribution in [-0.2, 0) is 23.8 Å². The van der Waals surface area contributed by atoms with Crippen LogP contribution in [0.3, 0.4) is 0 Å². The fraction of sp³-hybridized carbons (Fsp3) is 0.286. The summed E-state index contributed by atoms with van der Waals surface area (Å²) in [5.74, 6) is -0.567. The maximum Gasteiger partial charge on any atom is 0.416 e. The Morgan fingerprint density at radius 1 is 1.17 bits per heavy atom. The minimum absolute atomic E-state index is 0.135. The van der Waals surface area contributed by atoms with Crippen LogP contribution < -0.4 is 11.0 Å². The zero-order valence-corrected chi connectivity index (χ0v) is 15.7. The monoisotopic (exact) mass is 419 g/mol. The number of carbonyl (C=O) groups is 1. The molecule has 0 saturated heterocycles. The predicted octanol–water partition coefficient (Wildman–Crippen LogP) is 3.82. The van der Waals surface area contributed by atoms with Crippen molar-refractivity contribution in [1.29, 1.82) is 0 Å². The molecule has 9 heteroatoms. The van der Waals surface area contributed by atoms with Crippen molar-refractivity contribution in [1.82, 2.24) is 9.66 Å². The molecular formula is C21H17F4N3O2. The van der Waals surface area contributed by atoms with Crippen LogP contribution in [0.2, 0.25) is 0 Å². The van der Waals surface area contributed by atoms with Gasteiger partial charge in [-0.25, -0.2) is 14.1 Å². The topological polar surface area (TPSA) is 64.0 Å². The molecule has 3 aromatic rings. The normalized spacial score (nSPS) is 14.1. The van der Waals surface area contributed by atoms with Gasteiger partial charge in [-0.1, -0.05) is 18.2 Å². The van der Waals surface area contributed by atoms with E-state index in [4.69, 9.17) is 0 Å². The van der Waals surface area contributed by atoms with E-state index >= 15 is 0 Å². The zero-order chi connectivity index (χ0) is 21.5. The highest BCUT2D eigenvalue weighted by Gasteiger charge is 2.30. The molecule has 30 heavy (non-hydrogen) atoms. The number of halogens is 4. The summed E-state index contributed by atoms with van der Waals surface area (Å²) in [4.78, 5) is 29.7. The van der Waals surface area contributed by atoms with Crippen LogP contribution >= 0.6 is 0 Å². The van der Waals surface area contributed by atoms with E-state index in [9.17, 15) is 27.2 Å². The molecule has 0 aliphatic heterocycles. The summed E-state index contributed by atoms with van der Waals surface area (Å²) in [5.41, 5.74) is 1.39. The zero-order valence-electron chi connectivity index (χ0n) is 15.7. The molecule has 0 atom stereocenters. The number of rotatable bonds is 5. The van der Waals surface area contributed by atoms with Crippen molar-refractivity contribution in [2.45, 2.75) is 31.9 Å². The summed E-state index contributed by atoms with van der Waals surface area (Å²) >= 11 is 0. The number of carbonyl (C=O) groups excluding carboxylic acids is 1. The molecule has 0 radical (unpaired) electrons. The van der Waals surface area contributed by atoms with Gasteiger partial charge >= 0.3 is 6.18 Å². The van der Waals surface area contributed by atoms with Gasteiger partial charge in [0.1, 0.15) is 11.6 Å². The number of hydrogen-bond donors (Lipinski definition) is 1. The van der Waals surface area contributed by atoms with Gasteiger partial charge < -0.3 is 0 Å². The summed E-state index contributed by atoms with van der Waals surface area (Å²) in [5, 5.41) is 0.135. The molecule has 1 saturated carbocycles. The van der Waals surface area contributed by atoms with E-state index in [1.165, 1.54) is 18.2 Å². The molecule has 1 aliphatic carbocycles. The van der Waals surface area contributed by atoms with Gasteiger partial charge in [0.25, 0.3) is 5.56 Å². The Bertz CT molecular complexity index is 1180. The van der Waals surface area contributed by atoms with Crippen LogP contribution in [0, 0.1) is 11.7 Å². The Morgan fingerprint density at radius 3 is 2.63 bits per heavy atom. The minimum atomic E-state index is -4.52.